The van der Waals surface area contributed by atoms with Crippen LogP contribution in [0.4, 0.5) is 0 Å². The Morgan fingerprint density at radius 2 is 1.55 bits per heavy atom. The van der Waals surface area contributed by atoms with Crippen LogP contribution in [0.2, 0.25) is 0 Å². The highest BCUT2D eigenvalue weighted by atomic mass is 16.6. The van der Waals surface area contributed by atoms with Gasteiger partial charge in [-0.3, -0.25) is 33.6 Å². The van der Waals surface area contributed by atoms with Crippen molar-refractivity contribution < 1.29 is 57.7 Å². The molecule has 0 radical (unpaired) electrons. The number of cyclic esters (lactones) is 2. The van der Waals surface area contributed by atoms with Crippen LogP contribution < -0.4 is 26.0 Å². The topological polar surface area (TPSA) is 239 Å². The van der Waals surface area contributed by atoms with E-state index in [1.54, 1.807) is 52.1 Å². The molecule has 1 aromatic carbocycles. The molecule has 2 fully saturated rings. The van der Waals surface area contributed by atoms with E-state index in [-0.39, 0.29) is 37.6 Å². The van der Waals surface area contributed by atoms with Crippen LogP contribution in [-0.4, -0.2) is 144 Å². The van der Waals surface area contributed by atoms with Crippen molar-refractivity contribution in [2.75, 3.05) is 27.7 Å². The number of hydrogen-bond acceptors (Lipinski definition) is 13. The van der Waals surface area contributed by atoms with E-state index in [1.807, 2.05) is 34.6 Å². The number of ketones is 1. The largest absolute Gasteiger partial charge is 0.497 e. The van der Waals surface area contributed by atoms with Gasteiger partial charge in [0, 0.05) is 20.0 Å². The smallest absolute Gasteiger partial charge is 0.329 e. The molecule has 1 aromatic rings. The molecule has 5 N–H and O–H groups in total. The number of amides is 5. The molecule has 67 heavy (non-hydrogen) atoms. The van der Waals surface area contributed by atoms with E-state index in [0.717, 1.165) is 0 Å². The number of Topliss-reactive ketones (excluding diaryl/α,β-unsaturated/α-hetero) is 1. The fraction of sp³-hybridized carbons (Fsp3) is 0.714. The van der Waals surface area contributed by atoms with Crippen LogP contribution in [0.3, 0.4) is 0 Å². The van der Waals surface area contributed by atoms with Crippen LogP contribution in [0, 0.1) is 29.6 Å². The fourth-order valence-electron chi connectivity index (χ4n) is 8.55. The van der Waals surface area contributed by atoms with Gasteiger partial charge in [-0.25, -0.2) is 4.79 Å². The lowest BCUT2D eigenvalue weighted by atomic mass is 9.91. The number of fused-ring (bicyclic) bond motifs is 1. The highest BCUT2D eigenvalue weighted by Crippen LogP contribution is 2.26. The van der Waals surface area contributed by atoms with Gasteiger partial charge in [0.15, 0.2) is 11.9 Å². The third-order valence-corrected chi connectivity index (χ3v) is 12.9. The number of aliphatic hydroxyl groups is 1. The summed E-state index contributed by atoms with van der Waals surface area (Å²) in [7, 11) is 4.56. The van der Waals surface area contributed by atoms with E-state index < -0.39 is 126 Å². The van der Waals surface area contributed by atoms with Crippen molar-refractivity contribution in [1.29, 1.82) is 0 Å². The summed E-state index contributed by atoms with van der Waals surface area (Å²) in [6.07, 6.45) is -3.30. The fourth-order valence-corrected chi connectivity index (χ4v) is 8.55. The number of ether oxygens (including phenoxy) is 3. The minimum atomic E-state index is -1.55. The zero-order valence-electron chi connectivity index (χ0n) is 41.9. The molecule has 2 saturated heterocycles. The van der Waals surface area contributed by atoms with Gasteiger partial charge in [-0.1, -0.05) is 73.9 Å². The molecule has 18 heteroatoms. The first-order chi connectivity index (χ1) is 31.4. The normalized spacial score (nSPS) is 27.8. The Bertz CT molecular complexity index is 1870. The van der Waals surface area contributed by atoms with Crippen LogP contribution in [-0.2, 0) is 54.3 Å². The minimum absolute atomic E-state index is 0.0500. The van der Waals surface area contributed by atoms with Crippen LogP contribution in [0.5, 0.6) is 5.75 Å². The molecule has 0 bridgehead atoms. The molecular weight excluding hydrogens is 865 g/mol. The predicted molar refractivity (Wildman–Crippen MR) is 250 cm³/mol. The summed E-state index contributed by atoms with van der Waals surface area (Å²) >= 11 is 0. The van der Waals surface area contributed by atoms with Gasteiger partial charge in [0.25, 0.3) is 0 Å². The summed E-state index contributed by atoms with van der Waals surface area (Å²) in [4.78, 5) is 116. The van der Waals surface area contributed by atoms with Crippen LogP contribution in [0.25, 0.3) is 0 Å². The van der Waals surface area contributed by atoms with Gasteiger partial charge < -0.3 is 50.4 Å². The molecule has 0 spiro atoms. The van der Waals surface area contributed by atoms with Crippen molar-refractivity contribution in [3.05, 3.63) is 29.8 Å². The van der Waals surface area contributed by atoms with Gasteiger partial charge in [0.05, 0.1) is 37.6 Å². The maximum Gasteiger partial charge on any atom is 0.329 e. The summed E-state index contributed by atoms with van der Waals surface area (Å²) in [6.45, 7) is 17.4. The van der Waals surface area contributed by atoms with Gasteiger partial charge in [0.1, 0.15) is 36.0 Å². The van der Waals surface area contributed by atoms with E-state index in [4.69, 9.17) is 14.2 Å². The van der Waals surface area contributed by atoms with E-state index in [9.17, 15) is 43.5 Å². The third-order valence-electron chi connectivity index (χ3n) is 12.9. The number of nitrogens with one attached hydrogen (secondary N) is 4. The number of carbonyl (C=O) groups excluding carboxylic acids is 8. The Kier molecular flexibility index (Phi) is 21.7. The Labute approximate surface area is 396 Å². The third kappa shape index (κ3) is 15.5. The van der Waals surface area contributed by atoms with Crippen molar-refractivity contribution in [2.24, 2.45) is 29.6 Å². The number of hydrogen-bond donors (Lipinski definition) is 5. The maximum absolute atomic E-state index is 14.7. The number of benzene rings is 1. The predicted octanol–water partition coefficient (Wildman–Crippen LogP) is 2.71. The lowest BCUT2D eigenvalue weighted by Crippen LogP contribution is -2.61. The number of aliphatic hydroxyl groups excluding tert-OH is 1. The van der Waals surface area contributed by atoms with Crippen LogP contribution in [0.1, 0.15) is 113 Å². The molecule has 0 aliphatic carbocycles. The first kappa shape index (κ1) is 56.2. The molecule has 3 rings (SSSR count). The summed E-state index contributed by atoms with van der Waals surface area (Å²) in [5, 5.41) is 22.9. The number of methoxy groups -OCH3 is 1. The number of esters is 2. The first-order valence-corrected chi connectivity index (χ1v) is 23.9. The quantitative estimate of drug-likeness (QED) is 0.142. The second-order valence-electron chi connectivity index (χ2n) is 19.5. The molecule has 2 aliphatic rings. The van der Waals surface area contributed by atoms with Gasteiger partial charge >= 0.3 is 11.9 Å². The molecule has 0 unspecified atom stereocenters. The molecule has 11 atom stereocenters. The minimum Gasteiger partial charge on any atom is -0.497 e. The molecule has 0 aromatic heterocycles. The van der Waals surface area contributed by atoms with Crippen molar-refractivity contribution in [3.63, 3.8) is 0 Å². The number of likely N-dealkylation sites (N-methyl/N-ethyl adjacent to an activating group) is 2. The Morgan fingerprint density at radius 3 is 2.10 bits per heavy atom. The average Bonchev–Trinajstić information content (AvgIpc) is 3.77. The molecule has 0 saturated carbocycles. The average molecular weight is 943 g/mol. The van der Waals surface area contributed by atoms with Crippen molar-refractivity contribution in [1.82, 2.24) is 31.1 Å². The molecule has 376 valence electrons. The van der Waals surface area contributed by atoms with E-state index in [0.29, 0.717) is 30.6 Å². The molecule has 5 amide bonds. The Morgan fingerprint density at radius 1 is 0.910 bits per heavy atom. The molecule has 18 nitrogen and oxygen atoms in total. The Balaban J connectivity index is 2.23. The van der Waals surface area contributed by atoms with Crippen molar-refractivity contribution in [3.8, 4) is 5.75 Å². The van der Waals surface area contributed by atoms with Gasteiger partial charge in [0.2, 0.25) is 29.5 Å². The van der Waals surface area contributed by atoms with Gasteiger partial charge in [-0.2, -0.15) is 0 Å². The van der Waals surface area contributed by atoms with E-state index >= 15 is 0 Å². The summed E-state index contributed by atoms with van der Waals surface area (Å²) in [5.41, 5.74) is 0.631. The van der Waals surface area contributed by atoms with Gasteiger partial charge in [-0.05, 0) is 87.9 Å². The first-order valence-electron chi connectivity index (χ1n) is 23.9. The Hall–Kier alpha value is -5.10. The van der Waals surface area contributed by atoms with Crippen molar-refractivity contribution >= 4 is 47.3 Å². The van der Waals surface area contributed by atoms with E-state index in [1.165, 1.54) is 37.8 Å². The SMILES string of the molecule is CC[C@H](C)[C@@H]1NC(=O)[C@@H](NC(=O)[C@@H](CC(C)C)NC)[C@@H](C)OC(=O)[C@H](Cc2ccc(OC)cc2)N(C)C(=O)[C@@H]2CCCN2C(=O)[C@H](CC(C)C)NC(=O)[C@@H](C)C(=O)[C@H](C(C)C)OC(=O)C[C@@H]1O. The second-order valence-corrected chi connectivity index (χ2v) is 19.5. The standard InChI is InChI=1S/C49H78N6O12/c1-14-29(8)40-38(56)25-39(57)67-43(28(6)7)42(58)30(9)44(59)51-35(23-27(4)5)47(62)55-21-15-16-36(55)48(63)54(12)37(24-32-17-19-33(65-13)20-18-32)49(64)66-31(10)41(46(61)52-40)53-45(60)34(50-11)22-26(2)3/h17-20,26-31,34-38,40-41,43,50,56H,14-16,21-25H2,1-13H3,(H,51,59)(H,52,61)(H,53,60)/t29-,30-,31+,34+,35-,36-,37-,38-,40-,41-,43-/m0/s1. The summed E-state index contributed by atoms with van der Waals surface area (Å²) in [5.74, 6) is -7.71. The molecular formula is C49H78N6O12. The lowest BCUT2D eigenvalue weighted by Gasteiger charge is -2.35. The van der Waals surface area contributed by atoms with Gasteiger partial charge in [-0.15, -0.1) is 0 Å². The van der Waals surface area contributed by atoms with Crippen LogP contribution in [0.15, 0.2) is 24.3 Å². The lowest BCUT2D eigenvalue weighted by molar-refractivity contribution is -0.163. The summed E-state index contributed by atoms with van der Waals surface area (Å²) in [6, 6.07) is 0.0322. The molecule has 2 aliphatic heterocycles. The number of carbonyl (C=O) groups is 8. The van der Waals surface area contributed by atoms with E-state index in [2.05, 4.69) is 21.3 Å². The highest BCUT2D eigenvalue weighted by molar-refractivity contribution is 6.05. The highest BCUT2D eigenvalue weighted by Gasteiger charge is 2.44. The second kappa shape index (κ2) is 25.9. The zero-order chi connectivity index (χ0) is 50.4. The maximum atomic E-state index is 14.7. The van der Waals surface area contributed by atoms with Crippen LogP contribution >= 0.6 is 0 Å². The van der Waals surface area contributed by atoms with Crippen molar-refractivity contribution in [2.45, 2.75) is 169 Å². The zero-order valence-corrected chi connectivity index (χ0v) is 41.9. The number of rotatable bonds is 13. The summed E-state index contributed by atoms with van der Waals surface area (Å²) < 4.78 is 17.1. The molecule has 2 heterocycles. The monoisotopic (exact) mass is 943 g/mol. The number of nitrogens with zero attached hydrogens (tertiary/aromatic N) is 2.